The molecular weight excluding hydrogens is 286 g/mol. The molecule has 0 aromatic carbocycles. The molecular formula is C11H15N3O3S2. The minimum absolute atomic E-state index is 0.0710. The lowest BCUT2D eigenvalue weighted by molar-refractivity contribution is -0.138. The maximum absolute atomic E-state index is 11.9. The number of nitrogens with zero attached hydrogens (tertiary/aromatic N) is 2. The molecule has 0 saturated carbocycles. The number of hydrogen-bond acceptors (Lipinski definition) is 6. The average molecular weight is 301 g/mol. The Labute approximate surface area is 119 Å². The van der Waals surface area contributed by atoms with E-state index in [0.717, 1.165) is 18.1 Å². The van der Waals surface area contributed by atoms with Crippen molar-refractivity contribution in [2.24, 2.45) is 0 Å². The Morgan fingerprint density at radius 3 is 3.11 bits per heavy atom. The third kappa shape index (κ3) is 4.48. The molecule has 2 rings (SSSR count). The van der Waals surface area contributed by atoms with Gasteiger partial charge in [0.2, 0.25) is 5.91 Å². The molecule has 1 unspecified atom stereocenters. The van der Waals surface area contributed by atoms with Gasteiger partial charge < -0.3 is 10.4 Å². The van der Waals surface area contributed by atoms with Gasteiger partial charge in [0.1, 0.15) is 0 Å². The van der Waals surface area contributed by atoms with Gasteiger partial charge in [-0.25, -0.2) is 4.98 Å². The standard InChI is InChI=1S/C11H15N3O3S2/c15-9(13-11-12-1-3-19-11)6-14-2-4-18-7-8(14)5-10(16)17/h1,3,8H,2,4-7H2,(H,16,17)(H,12,13,15). The zero-order valence-electron chi connectivity index (χ0n) is 10.2. The predicted molar refractivity (Wildman–Crippen MR) is 75.7 cm³/mol. The summed E-state index contributed by atoms with van der Waals surface area (Å²) in [5, 5.41) is 14.0. The molecule has 0 spiro atoms. The number of thiazole rings is 1. The van der Waals surface area contributed by atoms with E-state index in [1.165, 1.54) is 11.3 Å². The van der Waals surface area contributed by atoms with Crippen molar-refractivity contribution in [3.8, 4) is 0 Å². The number of anilines is 1. The van der Waals surface area contributed by atoms with Crippen LogP contribution >= 0.6 is 23.1 Å². The molecule has 19 heavy (non-hydrogen) atoms. The first-order valence-electron chi connectivity index (χ1n) is 5.88. The molecule has 1 aliphatic heterocycles. The van der Waals surface area contributed by atoms with Gasteiger partial charge in [0.05, 0.1) is 13.0 Å². The van der Waals surface area contributed by atoms with Gasteiger partial charge in [-0.15, -0.1) is 11.3 Å². The first-order valence-corrected chi connectivity index (χ1v) is 7.91. The van der Waals surface area contributed by atoms with Crippen LogP contribution in [-0.4, -0.2) is 57.5 Å². The van der Waals surface area contributed by atoms with Crippen LogP contribution in [0.3, 0.4) is 0 Å². The number of hydrogen-bond donors (Lipinski definition) is 2. The second-order valence-corrected chi connectivity index (χ2v) is 6.23. The summed E-state index contributed by atoms with van der Waals surface area (Å²) in [5.41, 5.74) is 0. The number of carbonyl (C=O) groups is 2. The number of carbonyl (C=O) groups excluding carboxylic acids is 1. The third-order valence-corrected chi connectivity index (χ3v) is 4.57. The largest absolute Gasteiger partial charge is 0.481 e. The maximum atomic E-state index is 11.9. The van der Waals surface area contributed by atoms with Crippen LogP contribution in [0.1, 0.15) is 6.42 Å². The van der Waals surface area contributed by atoms with E-state index in [2.05, 4.69) is 10.3 Å². The van der Waals surface area contributed by atoms with E-state index in [9.17, 15) is 9.59 Å². The van der Waals surface area contributed by atoms with E-state index >= 15 is 0 Å². The highest BCUT2D eigenvalue weighted by Crippen LogP contribution is 2.19. The highest BCUT2D eigenvalue weighted by Gasteiger charge is 2.26. The fourth-order valence-corrected chi connectivity index (χ4v) is 3.59. The van der Waals surface area contributed by atoms with Gasteiger partial charge in [-0.2, -0.15) is 11.8 Å². The Hall–Kier alpha value is -1.12. The van der Waals surface area contributed by atoms with Gasteiger partial charge in [-0.05, 0) is 0 Å². The molecule has 2 heterocycles. The molecule has 8 heteroatoms. The Morgan fingerprint density at radius 2 is 2.42 bits per heavy atom. The Bertz CT molecular complexity index is 438. The van der Waals surface area contributed by atoms with Gasteiger partial charge in [0, 0.05) is 35.7 Å². The van der Waals surface area contributed by atoms with Crippen molar-refractivity contribution in [1.29, 1.82) is 0 Å². The Morgan fingerprint density at radius 1 is 1.58 bits per heavy atom. The summed E-state index contributed by atoms with van der Waals surface area (Å²) in [5.74, 6) is 0.729. The van der Waals surface area contributed by atoms with Crippen molar-refractivity contribution in [2.45, 2.75) is 12.5 Å². The number of rotatable bonds is 5. The van der Waals surface area contributed by atoms with Crippen molar-refractivity contribution in [3.63, 3.8) is 0 Å². The van der Waals surface area contributed by atoms with Crippen molar-refractivity contribution < 1.29 is 14.7 Å². The molecule has 104 valence electrons. The number of thioether (sulfide) groups is 1. The molecule has 0 radical (unpaired) electrons. The summed E-state index contributed by atoms with van der Waals surface area (Å²) in [7, 11) is 0. The molecule has 1 fully saturated rings. The number of aromatic nitrogens is 1. The number of nitrogens with one attached hydrogen (secondary N) is 1. The van der Waals surface area contributed by atoms with Crippen LogP contribution in [0, 0.1) is 0 Å². The minimum atomic E-state index is -0.821. The van der Waals surface area contributed by atoms with E-state index in [-0.39, 0.29) is 24.9 Å². The van der Waals surface area contributed by atoms with Crippen molar-refractivity contribution in [2.75, 3.05) is 29.9 Å². The summed E-state index contributed by atoms with van der Waals surface area (Å²) in [6, 6.07) is -0.0710. The lowest BCUT2D eigenvalue weighted by Gasteiger charge is -2.33. The zero-order chi connectivity index (χ0) is 13.7. The van der Waals surface area contributed by atoms with Crippen LogP contribution in [0.15, 0.2) is 11.6 Å². The predicted octanol–water partition coefficient (Wildman–Crippen LogP) is 0.974. The molecule has 1 saturated heterocycles. The Balaban J connectivity index is 1.88. The second-order valence-electron chi connectivity index (χ2n) is 4.18. The molecule has 1 atom stereocenters. The van der Waals surface area contributed by atoms with E-state index in [1.54, 1.807) is 23.3 Å². The minimum Gasteiger partial charge on any atom is -0.481 e. The van der Waals surface area contributed by atoms with Crippen LogP contribution in [0.2, 0.25) is 0 Å². The molecule has 0 bridgehead atoms. The quantitative estimate of drug-likeness (QED) is 0.843. The van der Waals surface area contributed by atoms with Crippen LogP contribution in [0.5, 0.6) is 0 Å². The molecule has 1 aromatic rings. The zero-order valence-corrected chi connectivity index (χ0v) is 11.9. The monoisotopic (exact) mass is 301 g/mol. The van der Waals surface area contributed by atoms with Crippen LogP contribution in [0.25, 0.3) is 0 Å². The van der Waals surface area contributed by atoms with E-state index in [4.69, 9.17) is 5.11 Å². The SMILES string of the molecule is O=C(O)CC1CSCCN1CC(=O)Nc1nccs1. The molecule has 0 aliphatic carbocycles. The molecule has 1 amide bonds. The first kappa shape index (κ1) is 14.3. The second kappa shape index (κ2) is 6.88. The van der Waals surface area contributed by atoms with Crippen molar-refractivity contribution >= 4 is 40.1 Å². The van der Waals surface area contributed by atoms with E-state index in [1.807, 2.05) is 4.90 Å². The molecule has 6 nitrogen and oxygen atoms in total. The number of amides is 1. The first-order chi connectivity index (χ1) is 9.15. The normalized spacial score (nSPS) is 20.1. The van der Waals surface area contributed by atoms with Gasteiger partial charge >= 0.3 is 5.97 Å². The average Bonchev–Trinajstić information content (AvgIpc) is 2.83. The highest BCUT2D eigenvalue weighted by molar-refractivity contribution is 7.99. The smallest absolute Gasteiger partial charge is 0.304 e. The summed E-state index contributed by atoms with van der Waals surface area (Å²) < 4.78 is 0. The third-order valence-electron chi connectivity index (χ3n) is 2.79. The van der Waals surface area contributed by atoms with Crippen LogP contribution in [-0.2, 0) is 9.59 Å². The Kier molecular flexibility index (Phi) is 5.17. The summed E-state index contributed by atoms with van der Waals surface area (Å²) >= 11 is 3.10. The molecule has 2 N–H and O–H groups in total. The van der Waals surface area contributed by atoms with Gasteiger partial charge in [0.25, 0.3) is 0 Å². The fraction of sp³-hybridized carbons (Fsp3) is 0.545. The number of carboxylic acid groups (broad SMARTS) is 1. The van der Waals surface area contributed by atoms with Crippen LogP contribution in [0.4, 0.5) is 5.13 Å². The van der Waals surface area contributed by atoms with Gasteiger partial charge in [-0.1, -0.05) is 0 Å². The number of carboxylic acids is 1. The fourth-order valence-electron chi connectivity index (χ4n) is 1.92. The van der Waals surface area contributed by atoms with E-state index < -0.39 is 5.97 Å². The topological polar surface area (TPSA) is 82.5 Å². The lowest BCUT2D eigenvalue weighted by atomic mass is 10.2. The van der Waals surface area contributed by atoms with Crippen molar-refractivity contribution in [3.05, 3.63) is 11.6 Å². The highest BCUT2D eigenvalue weighted by atomic mass is 32.2. The van der Waals surface area contributed by atoms with Crippen LogP contribution < -0.4 is 5.32 Å². The maximum Gasteiger partial charge on any atom is 0.304 e. The molecule has 1 aliphatic rings. The lowest BCUT2D eigenvalue weighted by Crippen LogP contribution is -2.47. The summed E-state index contributed by atoms with van der Waals surface area (Å²) in [4.78, 5) is 28.6. The summed E-state index contributed by atoms with van der Waals surface area (Å²) in [6.07, 6.45) is 1.71. The van der Waals surface area contributed by atoms with E-state index in [0.29, 0.717) is 5.13 Å². The number of aliphatic carboxylic acids is 1. The van der Waals surface area contributed by atoms with Crippen molar-refractivity contribution in [1.82, 2.24) is 9.88 Å². The summed E-state index contributed by atoms with van der Waals surface area (Å²) in [6.45, 7) is 0.964. The van der Waals surface area contributed by atoms with Gasteiger partial charge in [-0.3, -0.25) is 14.5 Å². The van der Waals surface area contributed by atoms with Gasteiger partial charge in [0.15, 0.2) is 5.13 Å². The molecule has 1 aromatic heterocycles.